The number of aliphatic hydroxyl groups excluding tert-OH is 1. The first-order chi connectivity index (χ1) is 13.4. The summed E-state index contributed by atoms with van der Waals surface area (Å²) in [6, 6.07) is 0. The number of rotatable bonds is 0. The van der Waals surface area contributed by atoms with Crippen molar-refractivity contribution in [2.24, 2.45) is 0 Å². The summed E-state index contributed by atoms with van der Waals surface area (Å²) >= 11 is 0. The van der Waals surface area contributed by atoms with Crippen LogP contribution in [0.15, 0.2) is 0 Å². The summed E-state index contributed by atoms with van der Waals surface area (Å²) in [5.41, 5.74) is 0. The van der Waals surface area contributed by atoms with Gasteiger partial charge in [-0.2, -0.15) is 0 Å². The first kappa shape index (κ1) is 120. The van der Waals surface area contributed by atoms with Gasteiger partial charge in [0.15, 0.2) is 0 Å². The molecule has 1 radical (unpaired) electrons. The Balaban J connectivity index is -0.00000000632. The van der Waals surface area contributed by atoms with Crippen LogP contribution in [0.3, 0.4) is 0 Å². The van der Waals surface area contributed by atoms with Gasteiger partial charge in [0.25, 0.3) is 0 Å². The van der Waals surface area contributed by atoms with Gasteiger partial charge in [-0.15, -0.1) is 0 Å². The molecule has 0 aromatic rings. The van der Waals surface area contributed by atoms with Crippen molar-refractivity contribution in [2.45, 2.75) is 0 Å². The molecule has 1 N–H and O–H groups in total. The molecule has 14 nitrogen and oxygen atoms in total. The molecule has 0 fully saturated rings. The van der Waals surface area contributed by atoms with Crippen LogP contribution >= 0.6 is 0 Å². The van der Waals surface area contributed by atoms with Crippen LogP contribution in [-0.4, -0.2) is 11.6 Å². The largest absolute Gasteiger partial charge is 0 e. The van der Waals surface area contributed by atoms with Crippen LogP contribution in [0.25, 0.3) is 0 Å². The minimum atomic E-state index is 0. The maximum atomic E-state index is 8.24. The monoisotopic (exact) mass is 440 g/mol. The molecule has 15 heteroatoms. The fourth-order valence-electron chi connectivity index (χ4n) is 0. The van der Waals surface area contributed by atoms with Crippen LogP contribution in [0, 0.1) is 79.8 Å². The van der Waals surface area contributed by atoms with Crippen molar-refractivity contribution < 1.29 is 82.5 Å². The molecule has 0 atom stereocenters. The van der Waals surface area contributed by atoms with Crippen molar-refractivity contribution >= 4 is 6.47 Å². The summed E-state index contributed by atoms with van der Waals surface area (Å²) in [6.45, 7) is 54.5. The molecule has 147 valence electrons. The van der Waals surface area contributed by atoms with E-state index >= 15 is 0 Å². The van der Waals surface area contributed by atoms with Crippen LogP contribution in [-0.2, 0) is 77.4 Å². The fraction of sp³-hybridized carbons (Fsp3) is 0. The smallest absolute Gasteiger partial charge is 0 e. The molecule has 0 saturated heterocycles. The topological polar surface area (TPSA) is 276 Å². The minimum absolute atomic E-state index is 0. The molecular formula is C13HCoO14-. The molecule has 0 aliphatic heterocycles. The van der Waals surface area contributed by atoms with Gasteiger partial charge in [-0.3, -0.25) is 0 Å². The van der Waals surface area contributed by atoms with Crippen molar-refractivity contribution in [1.29, 1.82) is 0 Å². The third-order valence-corrected chi connectivity index (χ3v) is 0. The van der Waals surface area contributed by atoms with E-state index in [0.717, 1.165) is 0 Å². The summed E-state index contributed by atoms with van der Waals surface area (Å²) in [5, 5.41) is 6.76. The number of hydrogen-bond acceptors (Lipinski definition) is 1. The molecule has 0 saturated carbocycles. The fourth-order valence-corrected chi connectivity index (χ4v) is 0. The van der Waals surface area contributed by atoms with Crippen LogP contribution in [0.1, 0.15) is 0 Å². The minimum Gasteiger partial charge on any atom is 0 e. The van der Waals surface area contributed by atoms with Crippen molar-refractivity contribution in [3.8, 4) is 0 Å². The standard InChI is InChI=1S/CHO2.12CO.Co/c2-1-3;12*1-2;/h(H,2,3);;;;;;;;;;;;;/q-1;;;;;;;;;;;;;. The second kappa shape index (κ2) is 2710. The second-order valence-electron chi connectivity index (χ2n) is 0.0913. The SMILES string of the molecule is O=[C-]O.[C-]#[O+].[C-]#[O+].[C-]#[O+].[C-]#[O+].[C-]#[O+].[C-]#[O+].[C-]#[O+].[C-]#[O+].[C-]#[O+].[C-]#[O+].[C-]#[O+].[C-]#[O+].[Co]. The van der Waals surface area contributed by atoms with Crippen molar-refractivity contribution in [3.05, 3.63) is 79.8 Å². The summed E-state index contributed by atoms with van der Waals surface area (Å²) in [5.74, 6) is 0. The zero-order chi connectivity index (χ0) is 26.7. The molecule has 0 bridgehead atoms. The first-order valence-corrected chi connectivity index (χ1v) is 2.88. The molecule has 0 aliphatic carbocycles. The Kier molecular flexibility index (Phi) is 11600. The molecule has 0 spiro atoms. The maximum absolute atomic E-state index is 8.24. The zero-order valence-corrected chi connectivity index (χ0v) is 13.6. The third kappa shape index (κ3) is 1100. The summed E-state index contributed by atoms with van der Waals surface area (Å²) in [7, 11) is 0. The van der Waals surface area contributed by atoms with Crippen LogP contribution in [0.5, 0.6) is 0 Å². The van der Waals surface area contributed by atoms with E-state index in [4.69, 9.17) is 65.7 Å². The van der Waals surface area contributed by atoms with Crippen molar-refractivity contribution in [1.82, 2.24) is 0 Å². The molecule has 0 amide bonds. The number of hydrogen-bond donors (Lipinski definition) is 1. The summed E-state index contributed by atoms with van der Waals surface area (Å²) in [6.07, 6.45) is 0. The third-order valence-electron chi connectivity index (χ3n) is 0. The molecule has 0 aromatic heterocycles. The van der Waals surface area contributed by atoms with Crippen LogP contribution < -0.4 is 0 Å². The van der Waals surface area contributed by atoms with E-state index in [2.05, 4.69) is 79.8 Å². The van der Waals surface area contributed by atoms with Gasteiger partial charge in [-0.05, 0) is 0 Å². The van der Waals surface area contributed by atoms with Gasteiger partial charge >= 0.3 is 136 Å². The first-order valence-electron chi connectivity index (χ1n) is 2.88. The second-order valence-corrected chi connectivity index (χ2v) is 0.0913. The van der Waals surface area contributed by atoms with E-state index < -0.39 is 0 Å². The van der Waals surface area contributed by atoms with E-state index in [-0.39, 0.29) is 16.8 Å². The molecular weight excluding hydrogens is 439 g/mol. The van der Waals surface area contributed by atoms with E-state index in [1.165, 1.54) is 0 Å². The molecule has 28 heavy (non-hydrogen) atoms. The molecule has 0 unspecified atom stereocenters. The molecule has 0 aromatic carbocycles. The Bertz CT molecular complexity index is 257. The average molecular weight is 440 g/mol. The van der Waals surface area contributed by atoms with Crippen LogP contribution in [0.2, 0.25) is 0 Å². The predicted molar refractivity (Wildman–Crippen MR) is 55.5 cm³/mol. The predicted octanol–water partition coefficient (Wildman–Crippen LogP) is -0.841. The zero-order valence-electron chi connectivity index (χ0n) is 12.6. The van der Waals surface area contributed by atoms with Crippen molar-refractivity contribution in [3.63, 3.8) is 0 Å². The van der Waals surface area contributed by atoms with E-state index in [1.807, 2.05) is 0 Å². The van der Waals surface area contributed by atoms with Gasteiger partial charge in [0.05, 0.1) is 0 Å². The normalized spacial score (nSPS) is 1.29. The molecule has 0 aliphatic rings. The quantitative estimate of drug-likeness (QED) is 0.372. The molecule has 0 rings (SSSR count). The average Bonchev–Trinajstić information content (AvgIpc) is 2.89. The van der Waals surface area contributed by atoms with Gasteiger partial charge in [0.1, 0.15) is 0 Å². The van der Waals surface area contributed by atoms with Gasteiger partial charge in [0.2, 0.25) is 0 Å². The Morgan fingerprint density at radius 2 is 0.357 bits per heavy atom. The Labute approximate surface area is 169 Å². The van der Waals surface area contributed by atoms with Crippen molar-refractivity contribution in [2.75, 3.05) is 0 Å². The van der Waals surface area contributed by atoms with Gasteiger partial charge < -0.3 is 9.90 Å². The summed E-state index contributed by atoms with van der Waals surface area (Å²) in [4.78, 5) is 8.24. The van der Waals surface area contributed by atoms with E-state index in [1.54, 1.807) is 0 Å². The Hall–Kier alpha value is -3.14. The van der Waals surface area contributed by atoms with Crippen LogP contribution in [0.4, 0.5) is 0 Å². The van der Waals surface area contributed by atoms with Gasteiger partial charge in [-0.1, -0.05) is 6.47 Å². The van der Waals surface area contributed by atoms with Gasteiger partial charge in [0, 0.05) is 16.8 Å². The summed E-state index contributed by atoms with van der Waals surface area (Å²) < 4.78 is 90.0. The Morgan fingerprint density at radius 3 is 0.357 bits per heavy atom. The molecule has 0 heterocycles. The van der Waals surface area contributed by atoms with E-state index in [0.29, 0.717) is 6.47 Å². The maximum Gasteiger partial charge on any atom is 0 e. The van der Waals surface area contributed by atoms with E-state index in [9.17, 15) is 0 Å². The van der Waals surface area contributed by atoms with Gasteiger partial charge in [-0.25, -0.2) is 0 Å². The Morgan fingerprint density at radius 1 is 0.357 bits per heavy atom.